The number of aromatic nitrogens is 1. The number of amides is 2. The molecule has 1 aromatic carbocycles. The van der Waals surface area contributed by atoms with Crippen LogP contribution in [-0.2, 0) is 0 Å². The number of rotatable bonds is 3. The second-order valence-electron chi connectivity index (χ2n) is 5.73. The summed E-state index contributed by atoms with van der Waals surface area (Å²) in [6.07, 6.45) is 1.78. The molecule has 0 spiro atoms. The summed E-state index contributed by atoms with van der Waals surface area (Å²) in [4.78, 5) is 31.9. The first kappa shape index (κ1) is 16.0. The number of hydrogen-bond donors (Lipinski definition) is 1. The van der Waals surface area contributed by atoms with Crippen molar-refractivity contribution in [2.45, 2.75) is 6.92 Å². The van der Waals surface area contributed by atoms with Crippen molar-refractivity contribution < 1.29 is 9.59 Å². The van der Waals surface area contributed by atoms with Crippen LogP contribution in [0.2, 0.25) is 0 Å². The third-order valence-corrected chi connectivity index (χ3v) is 4.08. The first-order chi connectivity index (χ1) is 11.6. The minimum absolute atomic E-state index is 0.0125. The molecule has 6 nitrogen and oxygen atoms in total. The number of nitrogens with one attached hydrogen (secondary N) is 1. The van der Waals surface area contributed by atoms with Crippen LogP contribution in [0, 0.1) is 0 Å². The number of ketones is 1. The summed E-state index contributed by atoms with van der Waals surface area (Å²) in [5.74, 6) is 0.955. The Labute approximate surface area is 141 Å². The van der Waals surface area contributed by atoms with E-state index in [4.69, 9.17) is 0 Å². The number of urea groups is 1. The summed E-state index contributed by atoms with van der Waals surface area (Å²) in [5, 5.41) is 2.87. The Kier molecular flexibility index (Phi) is 4.74. The summed E-state index contributed by atoms with van der Waals surface area (Å²) < 4.78 is 0. The fourth-order valence-electron chi connectivity index (χ4n) is 2.67. The molecule has 0 saturated carbocycles. The van der Waals surface area contributed by atoms with Gasteiger partial charge in [0.15, 0.2) is 5.78 Å². The Balaban J connectivity index is 1.54. The third-order valence-electron chi connectivity index (χ3n) is 4.08. The molecule has 124 valence electrons. The smallest absolute Gasteiger partial charge is 0.321 e. The molecule has 2 aromatic rings. The fraction of sp³-hybridized carbons (Fsp3) is 0.278. The Bertz CT molecular complexity index is 708. The average molecular weight is 324 g/mol. The second-order valence-corrected chi connectivity index (χ2v) is 5.73. The molecule has 0 atom stereocenters. The summed E-state index contributed by atoms with van der Waals surface area (Å²) in [5.41, 5.74) is 1.33. The highest BCUT2D eigenvalue weighted by Gasteiger charge is 2.21. The normalized spacial score (nSPS) is 14.4. The molecule has 0 unspecified atom stereocenters. The molecule has 0 aliphatic carbocycles. The van der Waals surface area contributed by atoms with Crippen molar-refractivity contribution in [3.05, 3.63) is 54.2 Å². The van der Waals surface area contributed by atoms with Crippen LogP contribution in [0.3, 0.4) is 0 Å². The summed E-state index contributed by atoms with van der Waals surface area (Å²) in [7, 11) is 0. The van der Waals surface area contributed by atoms with Crippen molar-refractivity contribution in [3.8, 4) is 0 Å². The molecule has 24 heavy (non-hydrogen) atoms. The Morgan fingerprint density at radius 1 is 1.00 bits per heavy atom. The monoisotopic (exact) mass is 324 g/mol. The van der Waals surface area contributed by atoms with E-state index in [-0.39, 0.29) is 11.8 Å². The van der Waals surface area contributed by atoms with Gasteiger partial charge in [0.1, 0.15) is 5.82 Å². The minimum Gasteiger partial charge on any atom is -0.353 e. The van der Waals surface area contributed by atoms with Crippen molar-refractivity contribution in [3.63, 3.8) is 0 Å². The molecule has 1 aliphatic rings. The number of Topliss-reactive ketones (excluding diaryl/α,β-unsaturated/α-hetero) is 1. The van der Waals surface area contributed by atoms with E-state index >= 15 is 0 Å². The molecule has 2 heterocycles. The van der Waals surface area contributed by atoms with Gasteiger partial charge in [-0.2, -0.15) is 0 Å². The number of carbonyl (C=O) groups is 2. The van der Waals surface area contributed by atoms with E-state index in [0.717, 1.165) is 18.9 Å². The molecule has 1 aromatic heterocycles. The van der Waals surface area contributed by atoms with Crippen LogP contribution in [0.15, 0.2) is 48.7 Å². The van der Waals surface area contributed by atoms with Crippen molar-refractivity contribution in [1.82, 2.24) is 9.88 Å². The quantitative estimate of drug-likeness (QED) is 0.882. The zero-order valence-electron chi connectivity index (χ0n) is 13.6. The lowest BCUT2D eigenvalue weighted by Gasteiger charge is -2.35. The van der Waals surface area contributed by atoms with Crippen molar-refractivity contribution in [2.75, 3.05) is 36.4 Å². The molecule has 1 aliphatic heterocycles. The van der Waals surface area contributed by atoms with Crippen molar-refractivity contribution >= 4 is 23.3 Å². The van der Waals surface area contributed by atoms with Gasteiger partial charge in [-0.05, 0) is 43.3 Å². The maximum atomic E-state index is 12.3. The van der Waals surface area contributed by atoms with Gasteiger partial charge in [0.25, 0.3) is 0 Å². The maximum Gasteiger partial charge on any atom is 0.321 e. The van der Waals surface area contributed by atoms with Gasteiger partial charge in [-0.1, -0.05) is 6.07 Å². The van der Waals surface area contributed by atoms with E-state index in [2.05, 4.69) is 15.2 Å². The SMILES string of the molecule is CC(=O)c1ccc(NC(=O)N2CCN(c3ccccn3)CC2)cc1. The van der Waals surface area contributed by atoms with E-state index in [1.54, 1.807) is 35.4 Å². The van der Waals surface area contributed by atoms with E-state index in [0.29, 0.717) is 24.3 Å². The van der Waals surface area contributed by atoms with E-state index < -0.39 is 0 Å². The van der Waals surface area contributed by atoms with Gasteiger partial charge in [0.2, 0.25) is 0 Å². The molecule has 1 saturated heterocycles. The Hall–Kier alpha value is -2.89. The van der Waals surface area contributed by atoms with Crippen LogP contribution in [0.1, 0.15) is 17.3 Å². The van der Waals surface area contributed by atoms with Gasteiger partial charge in [-0.3, -0.25) is 4.79 Å². The van der Waals surface area contributed by atoms with Crippen LogP contribution in [0.25, 0.3) is 0 Å². The van der Waals surface area contributed by atoms with Gasteiger partial charge < -0.3 is 15.1 Å². The van der Waals surface area contributed by atoms with Gasteiger partial charge in [-0.25, -0.2) is 9.78 Å². The van der Waals surface area contributed by atoms with Crippen LogP contribution in [0.4, 0.5) is 16.3 Å². The fourth-order valence-corrected chi connectivity index (χ4v) is 2.67. The zero-order valence-corrected chi connectivity index (χ0v) is 13.6. The largest absolute Gasteiger partial charge is 0.353 e. The first-order valence-corrected chi connectivity index (χ1v) is 7.96. The summed E-state index contributed by atoms with van der Waals surface area (Å²) in [6, 6.07) is 12.7. The molecule has 0 bridgehead atoms. The zero-order chi connectivity index (χ0) is 16.9. The standard InChI is InChI=1S/C18H20N4O2/c1-14(23)15-5-7-16(8-6-15)20-18(24)22-12-10-21(11-13-22)17-4-2-3-9-19-17/h2-9H,10-13H2,1H3,(H,20,24). The number of nitrogens with zero attached hydrogens (tertiary/aromatic N) is 3. The second kappa shape index (κ2) is 7.12. The van der Waals surface area contributed by atoms with Crippen molar-refractivity contribution in [2.24, 2.45) is 0 Å². The molecule has 1 N–H and O–H groups in total. The highest BCUT2D eigenvalue weighted by atomic mass is 16.2. The lowest BCUT2D eigenvalue weighted by atomic mass is 10.1. The lowest BCUT2D eigenvalue weighted by Crippen LogP contribution is -2.50. The Morgan fingerprint density at radius 2 is 1.71 bits per heavy atom. The predicted molar refractivity (Wildman–Crippen MR) is 93.5 cm³/mol. The van der Waals surface area contributed by atoms with Gasteiger partial charge >= 0.3 is 6.03 Å². The van der Waals surface area contributed by atoms with Crippen LogP contribution in [0.5, 0.6) is 0 Å². The maximum absolute atomic E-state index is 12.3. The molecular weight excluding hydrogens is 304 g/mol. The number of pyridine rings is 1. The van der Waals surface area contributed by atoms with Crippen LogP contribution < -0.4 is 10.2 Å². The summed E-state index contributed by atoms with van der Waals surface area (Å²) >= 11 is 0. The average Bonchev–Trinajstić information content (AvgIpc) is 2.63. The number of hydrogen-bond acceptors (Lipinski definition) is 4. The molecule has 1 fully saturated rings. The predicted octanol–water partition coefficient (Wildman–Crippen LogP) is 2.64. The number of anilines is 2. The molecule has 0 radical (unpaired) electrons. The number of piperazine rings is 1. The van der Waals surface area contributed by atoms with Gasteiger partial charge in [0, 0.05) is 43.6 Å². The molecular formula is C18H20N4O2. The minimum atomic E-state index is -0.119. The first-order valence-electron chi connectivity index (χ1n) is 7.96. The Morgan fingerprint density at radius 3 is 2.29 bits per heavy atom. The third kappa shape index (κ3) is 3.71. The van der Waals surface area contributed by atoms with Crippen LogP contribution >= 0.6 is 0 Å². The van der Waals surface area contributed by atoms with Gasteiger partial charge in [0.05, 0.1) is 0 Å². The van der Waals surface area contributed by atoms with Crippen LogP contribution in [-0.4, -0.2) is 47.9 Å². The topological polar surface area (TPSA) is 65.5 Å². The highest BCUT2D eigenvalue weighted by molar-refractivity contribution is 5.95. The van der Waals surface area contributed by atoms with Crippen molar-refractivity contribution in [1.29, 1.82) is 0 Å². The van der Waals surface area contributed by atoms with Gasteiger partial charge in [-0.15, -0.1) is 0 Å². The van der Waals surface area contributed by atoms with E-state index in [1.165, 1.54) is 6.92 Å². The lowest BCUT2D eigenvalue weighted by molar-refractivity contribution is 0.101. The molecule has 2 amide bonds. The van der Waals surface area contributed by atoms with E-state index in [9.17, 15) is 9.59 Å². The summed E-state index contributed by atoms with van der Waals surface area (Å²) in [6.45, 7) is 4.33. The number of carbonyl (C=O) groups excluding carboxylic acids is 2. The molecule has 3 rings (SSSR count). The highest BCUT2D eigenvalue weighted by Crippen LogP contribution is 2.14. The van der Waals surface area contributed by atoms with E-state index in [1.807, 2.05) is 18.2 Å². The number of benzene rings is 1. The molecule has 6 heteroatoms.